The molecule has 17 heteroatoms. The first kappa shape index (κ1) is 50.0. The van der Waals surface area contributed by atoms with Gasteiger partial charge in [-0.2, -0.15) is 5.26 Å². The van der Waals surface area contributed by atoms with Gasteiger partial charge in [-0.3, -0.25) is 10.1 Å². The van der Waals surface area contributed by atoms with Crippen molar-refractivity contribution in [1.82, 2.24) is 20.2 Å². The summed E-state index contributed by atoms with van der Waals surface area (Å²) in [6.07, 6.45) is 0.425. The van der Waals surface area contributed by atoms with Crippen LogP contribution in [-0.2, 0) is 9.47 Å². The molecule has 1 saturated heterocycles. The number of nitriles is 1. The Morgan fingerprint density at radius 1 is 1.09 bits per heavy atom. The Morgan fingerprint density at radius 3 is 2.28 bits per heavy atom. The number of hydrogen-bond donors (Lipinski definition) is 3. The second-order valence-electron chi connectivity index (χ2n) is 14.2. The van der Waals surface area contributed by atoms with E-state index in [1.54, 1.807) is 59.6 Å². The van der Waals surface area contributed by atoms with Gasteiger partial charge in [0.05, 0.1) is 15.3 Å². The number of benzene rings is 2. The highest BCUT2D eigenvalue weighted by Crippen LogP contribution is 2.48. The number of likely N-dealkylation sites (tertiary alicyclic amines) is 1. The molecule has 1 fully saturated rings. The summed E-state index contributed by atoms with van der Waals surface area (Å²) >= 11 is 8.82. The molecule has 0 bridgehead atoms. The van der Waals surface area contributed by atoms with E-state index in [4.69, 9.17) is 25.8 Å². The summed E-state index contributed by atoms with van der Waals surface area (Å²) in [6, 6.07) is 4.30. The SMILES string of the molecule is CC.CC.CC.CSc1nc2c(F)c(-c3ccc(F)c4sc(NC(=O)OC(C)(C)C)c(C#N)c34)c(Cl)c(O[C@@H](C)CN[C@@H]3CCN(C(=O)OC(C)(C)C)C3)c2c(=O)[nH]1. The zero-order valence-electron chi connectivity index (χ0n) is 35.9. The molecule has 0 spiro atoms. The van der Waals surface area contributed by atoms with Crippen molar-refractivity contribution in [3.8, 4) is 22.9 Å². The van der Waals surface area contributed by atoms with E-state index >= 15 is 8.78 Å². The summed E-state index contributed by atoms with van der Waals surface area (Å²) < 4.78 is 49.2. The van der Waals surface area contributed by atoms with Crippen molar-refractivity contribution in [3.63, 3.8) is 0 Å². The summed E-state index contributed by atoms with van der Waals surface area (Å²) in [6.45, 7) is 25.3. The third kappa shape index (κ3) is 12.2. The molecule has 2 atom stereocenters. The molecule has 2 amide bonds. The van der Waals surface area contributed by atoms with Gasteiger partial charge in [-0.1, -0.05) is 71.0 Å². The van der Waals surface area contributed by atoms with Gasteiger partial charge in [0.2, 0.25) is 0 Å². The number of nitrogens with zero attached hydrogens (tertiary/aromatic N) is 3. The van der Waals surface area contributed by atoms with Gasteiger partial charge in [0.15, 0.2) is 16.7 Å². The zero-order valence-corrected chi connectivity index (χ0v) is 38.3. The summed E-state index contributed by atoms with van der Waals surface area (Å²) in [5.41, 5.74) is -2.91. The fraction of sp³-hybridized carbons (Fsp3) is 0.537. The van der Waals surface area contributed by atoms with Crippen molar-refractivity contribution in [3.05, 3.63) is 44.7 Å². The number of fused-ring (bicyclic) bond motifs is 2. The largest absolute Gasteiger partial charge is 0.487 e. The van der Waals surface area contributed by atoms with Gasteiger partial charge < -0.3 is 29.4 Å². The molecule has 12 nitrogen and oxygen atoms in total. The molecule has 5 rings (SSSR count). The summed E-state index contributed by atoms with van der Waals surface area (Å²) in [4.78, 5) is 47.2. The minimum atomic E-state index is -0.989. The number of amides is 2. The van der Waals surface area contributed by atoms with Crippen LogP contribution in [-0.4, -0.2) is 76.3 Å². The van der Waals surface area contributed by atoms with Crippen LogP contribution in [0.1, 0.15) is 102 Å². The predicted octanol–water partition coefficient (Wildman–Crippen LogP) is 11.1. The summed E-state index contributed by atoms with van der Waals surface area (Å²) in [5, 5.41) is 15.7. The molecule has 0 saturated carbocycles. The number of aromatic nitrogens is 2. The lowest BCUT2D eigenvalue weighted by Crippen LogP contribution is -2.40. The number of thiophene rings is 1. The molecule has 0 unspecified atom stereocenters. The quantitative estimate of drug-likeness (QED) is 0.115. The van der Waals surface area contributed by atoms with Gasteiger partial charge >= 0.3 is 12.2 Å². The van der Waals surface area contributed by atoms with Crippen LogP contribution in [0, 0.1) is 23.0 Å². The van der Waals surface area contributed by atoms with Crippen LogP contribution in [0.15, 0.2) is 22.1 Å². The maximum absolute atomic E-state index is 16.8. The Bertz CT molecular complexity index is 2160. The lowest BCUT2D eigenvalue weighted by molar-refractivity contribution is 0.0290. The van der Waals surface area contributed by atoms with Crippen molar-refractivity contribution in [2.45, 2.75) is 125 Å². The highest BCUT2D eigenvalue weighted by molar-refractivity contribution is 7.98. The van der Waals surface area contributed by atoms with Crippen LogP contribution in [0.5, 0.6) is 5.75 Å². The number of aromatic amines is 1. The average Bonchev–Trinajstić information content (AvgIpc) is 3.80. The molecule has 320 valence electrons. The predicted molar refractivity (Wildman–Crippen MR) is 233 cm³/mol. The van der Waals surface area contributed by atoms with Gasteiger partial charge in [0, 0.05) is 36.6 Å². The minimum absolute atomic E-state index is 0.00919. The number of carbonyl (C=O) groups is 2. The first-order valence-corrected chi connectivity index (χ1v) is 21.8. The average molecular weight is 868 g/mol. The molecule has 3 heterocycles. The monoisotopic (exact) mass is 866 g/mol. The van der Waals surface area contributed by atoms with Crippen molar-refractivity contribution in [2.75, 3.05) is 31.2 Å². The number of halogens is 3. The molecule has 58 heavy (non-hydrogen) atoms. The number of anilines is 1. The standard InChI is InChI=1S/C35H39ClF2N6O6S2.3C2H6/c1-16(14-40-17-11-12-44(15-17)33(47)50-35(5,6)7)48-27-23-26(41-31(51-8)42-29(23)45)25(38)22(24(27)36)18-9-10-20(37)28-21(18)19(13-39)30(52-28)43-32(46)49-34(2,3)4;3*1-2/h9-10,16-17,40H,11-12,14-15H2,1-8H3,(H,43,46)(H,41,42,45);3*1-2H3/t16-,17+;;;/m0.../s1. The van der Waals surface area contributed by atoms with E-state index in [1.807, 2.05) is 47.6 Å². The van der Waals surface area contributed by atoms with Crippen LogP contribution in [0.3, 0.4) is 0 Å². The Balaban J connectivity index is 0.00000185. The third-order valence-electron chi connectivity index (χ3n) is 7.80. The third-order valence-corrected chi connectivity index (χ3v) is 9.86. The lowest BCUT2D eigenvalue weighted by Gasteiger charge is -2.25. The normalized spacial score (nSPS) is 14.2. The van der Waals surface area contributed by atoms with E-state index in [0.29, 0.717) is 19.5 Å². The number of carbonyl (C=O) groups excluding carboxylic acids is 2. The Morgan fingerprint density at radius 2 is 1.71 bits per heavy atom. The smallest absolute Gasteiger partial charge is 0.412 e. The fourth-order valence-electron chi connectivity index (χ4n) is 5.67. The van der Waals surface area contributed by atoms with Crippen LogP contribution >= 0.6 is 34.7 Å². The molecule has 2 aromatic heterocycles. The summed E-state index contributed by atoms with van der Waals surface area (Å²) in [5.74, 6) is -1.87. The molecule has 1 aliphatic heterocycles. The number of H-pyrrole nitrogens is 1. The van der Waals surface area contributed by atoms with Gasteiger partial charge in [0.25, 0.3) is 5.56 Å². The molecule has 3 N–H and O–H groups in total. The van der Waals surface area contributed by atoms with Gasteiger partial charge in [-0.25, -0.2) is 23.4 Å². The Kier molecular flexibility index (Phi) is 18.7. The number of ether oxygens (including phenoxy) is 3. The van der Waals surface area contributed by atoms with Crippen molar-refractivity contribution < 1.29 is 32.6 Å². The van der Waals surface area contributed by atoms with Crippen molar-refractivity contribution in [1.29, 1.82) is 5.26 Å². The van der Waals surface area contributed by atoms with Gasteiger partial charge in [-0.05, 0) is 72.8 Å². The first-order chi connectivity index (χ1) is 27.3. The zero-order chi connectivity index (χ0) is 44.3. The van der Waals surface area contributed by atoms with E-state index in [9.17, 15) is 19.6 Å². The number of nitrogens with one attached hydrogen (secondary N) is 3. The fourth-order valence-corrected chi connectivity index (χ4v) is 7.44. The Labute approximate surface area is 353 Å². The van der Waals surface area contributed by atoms with Crippen LogP contribution in [0.2, 0.25) is 5.02 Å². The van der Waals surface area contributed by atoms with Crippen molar-refractivity contribution in [2.24, 2.45) is 0 Å². The van der Waals surface area contributed by atoms with Crippen molar-refractivity contribution >= 4 is 72.9 Å². The van der Waals surface area contributed by atoms with Gasteiger partial charge in [0.1, 0.15) is 45.1 Å². The maximum atomic E-state index is 16.8. The van der Waals surface area contributed by atoms with Crippen LogP contribution in [0.4, 0.5) is 23.4 Å². The topological polar surface area (TPSA) is 159 Å². The molecular formula is C41H57ClF2N6O6S2. The maximum Gasteiger partial charge on any atom is 0.412 e. The van der Waals surface area contributed by atoms with E-state index in [1.165, 1.54) is 6.07 Å². The molecule has 2 aromatic carbocycles. The molecule has 1 aliphatic rings. The van der Waals surface area contributed by atoms with E-state index in [2.05, 4.69) is 20.6 Å². The highest BCUT2D eigenvalue weighted by Gasteiger charge is 2.32. The molecule has 0 aliphatic carbocycles. The number of rotatable bonds is 8. The van der Waals surface area contributed by atoms with Gasteiger partial charge in [-0.15, -0.1) is 11.3 Å². The molecule has 0 radical (unpaired) electrons. The lowest BCUT2D eigenvalue weighted by atomic mass is 9.96. The second-order valence-corrected chi connectivity index (χ2v) is 16.4. The van der Waals surface area contributed by atoms with E-state index in [0.717, 1.165) is 29.2 Å². The number of thioether (sulfide) groups is 1. The van der Waals surface area contributed by atoms with Crippen LogP contribution < -0.4 is 20.9 Å². The highest BCUT2D eigenvalue weighted by atomic mass is 35.5. The minimum Gasteiger partial charge on any atom is -0.487 e. The second kappa shape index (κ2) is 21.7. The Hall–Kier alpha value is -4.17. The molecule has 4 aromatic rings. The van der Waals surface area contributed by atoms with E-state index < -0.39 is 46.7 Å². The molecular weight excluding hydrogens is 810 g/mol. The summed E-state index contributed by atoms with van der Waals surface area (Å²) in [7, 11) is 0. The first-order valence-electron chi connectivity index (χ1n) is 19.3. The number of hydrogen-bond acceptors (Lipinski definition) is 11. The van der Waals surface area contributed by atoms with E-state index in [-0.39, 0.29) is 71.2 Å². The van der Waals surface area contributed by atoms with Crippen LogP contribution in [0.25, 0.3) is 32.1 Å².